The maximum Gasteiger partial charge on any atom is 0.231 e. The van der Waals surface area contributed by atoms with Crippen LogP contribution in [0.25, 0.3) is 0 Å². The van der Waals surface area contributed by atoms with Crippen LogP contribution in [0.5, 0.6) is 5.75 Å². The Balaban J connectivity index is 0.00000361. The molecule has 0 amide bonds. The first-order valence-corrected chi connectivity index (χ1v) is 12.8. The van der Waals surface area contributed by atoms with E-state index in [1.807, 2.05) is 42.5 Å². The number of oxazole rings is 1. The SMILES string of the molecule is C[N+](C)(CCOCCc1ccc(O)cc1)Cc1cnc([C@](O)(c2ccccc2)C2CCCCC2)o1.[Br-]. The lowest BCUT2D eigenvalue weighted by Gasteiger charge is -2.36. The van der Waals surface area contributed by atoms with Crippen molar-refractivity contribution < 1.29 is 40.8 Å². The molecule has 2 N–H and O–H groups in total. The number of quaternary nitrogens is 1. The molecule has 0 bridgehead atoms. The maximum atomic E-state index is 12.0. The summed E-state index contributed by atoms with van der Waals surface area (Å²) in [5.41, 5.74) is 0.805. The van der Waals surface area contributed by atoms with Gasteiger partial charge in [-0.1, -0.05) is 61.7 Å². The largest absolute Gasteiger partial charge is 1.00 e. The number of rotatable bonds is 11. The summed E-state index contributed by atoms with van der Waals surface area (Å²) in [5, 5.41) is 21.4. The van der Waals surface area contributed by atoms with Crippen molar-refractivity contribution in [3.63, 3.8) is 0 Å². The number of phenolic OH excluding ortho intramolecular Hbond substituents is 1. The standard InChI is InChI=1S/C29H38N2O4.BrH/c1-31(2,18-20-34-19-17-23-13-15-26(32)16-14-23)22-27-21-30-28(35-27)29(33,24-9-5-3-6-10-24)25-11-7-4-8-12-25;/h3,5-6,9-10,13-16,21,25,33H,4,7-8,11-12,17-20,22H2,1-2H3;1H/t29-;/m0./s1. The molecule has 1 saturated carbocycles. The number of benzene rings is 2. The molecule has 36 heavy (non-hydrogen) atoms. The van der Waals surface area contributed by atoms with Gasteiger partial charge in [0.25, 0.3) is 0 Å². The minimum Gasteiger partial charge on any atom is -1.00 e. The first-order chi connectivity index (χ1) is 16.9. The van der Waals surface area contributed by atoms with Crippen LogP contribution in [-0.4, -0.2) is 53.5 Å². The molecule has 1 aliphatic rings. The van der Waals surface area contributed by atoms with Gasteiger partial charge in [-0.15, -0.1) is 0 Å². The summed E-state index contributed by atoms with van der Waals surface area (Å²) in [4.78, 5) is 4.60. The van der Waals surface area contributed by atoms with Gasteiger partial charge in [0, 0.05) is 5.92 Å². The Hall–Kier alpha value is -2.19. The first kappa shape index (κ1) is 28.4. The van der Waals surface area contributed by atoms with Gasteiger partial charge in [-0.3, -0.25) is 0 Å². The average molecular weight is 560 g/mol. The fraction of sp³-hybridized carbons (Fsp3) is 0.483. The van der Waals surface area contributed by atoms with Crippen LogP contribution >= 0.6 is 0 Å². The fourth-order valence-corrected chi connectivity index (χ4v) is 5.07. The lowest BCUT2D eigenvalue weighted by molar-refractivity contribution is -0.904. The molecule has 7 heteroatoms. The van der Waals surface area contributed by atoms with E-state index in [1.165, 1.54) is 6.42 Å². The highest BCUT2D eigenvalue weighted by atomic mass is 79.9. The fourth-order valence-electron chi connectivity index (χ4n) is 5.07. The number of nitrogens with zero attached hydrogens (tertiary/aromatic N) is 2. The number of ether oxygens (including phenoxy) is 1. The monoisotopic (exact) mass is 558 g/mol. The van der Waals surface area contributed by atoms with Gasteiger partial charge in [-0.2, -0.15) is 0 Å². The van der Waals surface area contributed by atoms with Crippen LogP contribution in [0.1, 0.15) is 54.9 Å². The van der Waals surface area contributed by atoms with Crippen LogP contribution in [0.4, 0.5) is 0 Å². The van der Waals surface area contributed by atoms with E-state index in [1.54, 1.807) is 18.3 Å². The Morgan fingerprint density at radius 2 is 1.69 bits per heavy atom. The van der Waals surface area contributed by atoms with Crippen molar-refractivity contribution in [2.75, 3.05) is 33.9 Å². The van der Waals surface area contributed by atoms with E-state index in [0.29, 0.717) is 30.1 Å². The van der Waals surface area contributed by atoms with Crippen LogP contribution in [0, 0.1) is 5.92 Å². The Kier molecular flexibility index (Phi) is 10.1. The lowest BCUT2D eigenvalue weighted by Crippen LogP contribution is -3.00. The first-order valence-electron chi connectivity index (χ1n) is 12.8. The van der Waals surface area contributed by atoms with Crippen LogP contribution in [-0.2, 0) is 23.3 Å². The second kappa shape index (κ2) is 12.9. The number of aromatic nitrogens is 1. The minimum absolute atomic E-state index is 0. The summed E-state index contributed by atoms with van der Waals surface area (Å²) in [6, 6.07) is 17.1. The third-order valence-corrected chi connectivity index (χ3v) is 7.19. The zero-order chi connectivity index (χ0) is 24.7. The zero-order valence-corrected chi connectivity index (χ0v) is 23.0. The lowest BCUT2D eigenvalue weighted by atomic mass is 9.73. The number of hydrogen-bond acceptors (Lipinski definition) is 5. The predicted molar refractivity (Wildman–Crippen MR) is 136 cm³/mol. The summed E-state index contributed by atoms with van der Waals surface area (Å²) < 4.78 is 12.8. The molecule has 196 valence electrons. The molecule has 0 radical (unpaired) electrons. The maximum absolute atomic E-state index is 12.0. The van der Waals surface area contributed by atoms with E-state index >= 15 is 0 Å². The molecule has 1 atom stereocenters. The van der Waals surface area contributed by atoms with Gasteiger partial charge < -0.3 is 40.8 Å². The molecule has 1 aliphatic carbocycles. The van der Waals surface area contributed by atoms with E-state index in [-0.39, 0.29) is 28.6 Å². The molecule has 1 aromatic heterocycles. The summed E-state index contributed by atoms with van der Waals surface area (Å²) in [5.74, 6) is 1.58. The van der Waals surface area contributed by atoms with Crippen molar-refractivity contribution in [2.45, 2.75) is 50.7 Å². The normalized spacial score (nSPS) is 16.3. The van der Waals surface area contributed by atoms with Gasteiger partial charge in [-0.05, 0) is 42.5 Å². The summed E-state index contributed by atoms with van der Waals surface area (Å²) in [6.07, 6.45) is 8.03. The topological polar surface area (TPSA) is 75.7 Å². The molecular formula is C29H39BrN2O4. The Bertz CT molecular complexity index is 1050. The van der Waals surface area contributed by atoms with Crippen molar-refractivity contribution in [1.82, 2.24) is 4.98 Å². The highest BCUT2D eigenvalue weighted by Crippen LogP contribution is 2.43. The Morgan fingerprint density at radius 3 is 2.39 bits per heavy atom. The van der Waals surface area contributed by atoms with Gasteiger partial charge in [0.1, 0.15) is 18.8 Å². The van der Waals surface area contributed by atoms with E-state index in [4.69, 9.17) is 9.15 Å². The zero-order valence-electron chi connectivity index (χ0n) is 21.4. The van der Waals surface area contributed by atoms with E-state index in [0.717, 1.165) is 55.5 Å². The van der Waals surface area contributed by atoms with Gasteiger partial charge in [0.15, 0.2) is 11.4 Å². The van der Waals surface area contributed by atoms with Crippen molar-refractivity contribution in [3.05, 3.63) is 83.6 Å². The Morgan fingerprint density at radius 1 is 1.00 bits per heavy atom. The highest BCUT2D eigenvalue weighted by molar-refractivity contribution is 5.30. The highest BCUT2D eigenvalue weighted by Gasteiger charge is 2.44. The second-order valence-electron chi connectivity index (χ2n) is 10.4. The Labute approximate surface area is 225 Å². The van der Waals surface area contributed by atoms with Crippen LogP contribution < -0.4 is 17.0 Å². The van der Waals surface area contributed by atoms with Crippen molar-refractivity contribution >= 4 is 0 Å². The molecule has 4 rings (SSSR count). The van der Waals surface area contributed by atoms with Gasteiger partial charge in [0.05, 0.1) is 33.5 Å². The summed E-state index contributed by atoms with van der Waals surface area (Å²) in [7, 11) is 4.30. The number of aliphatic hydroxyl groups is 1. The molecule has 0 saturated heterocycles. The number of likely N-dealkylation sites (N-methyl/N-ethyl adjacent to an activating group) is 1. The number of phenols is 1. The number of hydrogen-bond donors (Lipinski definition) is 2. The third kappa shape index (κ3) is 7.19. The van der Waals surface area contributed by atoms with Crippen LogP contribution in [0.15, 0.2) is 65.2 Å². The van der Waals surface area contributed by atoms with Crippen LogP contribution in [0.2, 0.25) is 0 Å². The minimum atomic E-state index is -1.20. The molecule has 2 aromatic carbocycles. The van der Waals surface area contributed by atoms with Crippen molar-refractivity contribution in [2.24, 2.45) is 5.92 Å². The van der Waals surface area contributed by atoms with Crippen LogP contribution in [0.3, 0.4) is 0 Å². The smallest absolute Gasteiger partial charge is 0.231 e. The number of aromatic hydroxyl groups is 1. The molecule has 3 aromatic rings. The molecule has 0 aliphatic heterocycles. The van der Waals surface area contributed by atoms with E-state index in [9.17, 15) is 10.2 Å². The van der Waals surface area contributed by atoms with Gasteiger partial charge in [-0.25, -0.2) is 4.98 Å². The predicted octanol–water partition coefficient (Wildman–Crippen LogP) is 2.04. The quantitative estimate of drug-likeness (QED) is 0.278. The summed E-state index contributed by atoms with van der Waals surface area (Å²) in [6.45, 7) is 2.78. The molecule has 1 fully saturated rings. The molecular weight excluding hydrogens is 520 g/mol. The van der Waals surface area contributed by atoms with E-state index < -0.39 is 5.60 Å². The van der Waals surface area contributed by atoms with Gasteiger partial charge >= 0.3 is 0 Å². The van der Waals surface area contributed by atoms with Crippen molar-refractivity contribution in [3.8, 4) is 5.75 Å². The molecule has 0 spiro atoms. The van der Waals surface area contributed by atoms with Crippen molar-refractivity contribution in [1.29, 1.82) is 0 Å². The second-order valence-corrected chi connectivity index (χ2v) is 10.4. The average Bonchev–Trinajstić information content (AvgIpc) is 3.33. The third-order valence-electron chi connectivity index (χ3n) is 7.19. The van der Waals surface area contributed by atoms with Gasteiger partial charge in [0.2, 0.25) is 5.89 Å². The molecule has 0 unspecified atom stereocenters. The number of halogens is 1. The molecule has 6 nitrogen and oxygen atoms in total. The van der Waals surface area contributed by atoms with E-state index in [2.05, 4.69) is 19.1 Å². The summed E-state index contributed by atoms with van der Waals surface area (Å²) >= 11 is 0. The molecule has 1 heterocycles.